The molecule has 0 spiro atoms. The van der Waals surface area contributed by atoms with Gasteiger partial charge in [-0.25, -0.2) is 0 Å². The summed E-state index contributed by atoms with van der Waals surface area (Å²) in [7, 11) is 3.33. The zero-order valence-corrected chi connectivity index (χ0v) is 8.93. The predicted octanol–water partition coefficient (Wildman–Crippen LogP) is 1.63. The molecule has 0 aliphatic rings. The lowest BCUT2D eigenvalue weighted by molar-refractivity contribution is -0.171. The quantitative estimate of drug-likeness (QED) is 0.662. The van der Waals surface area contributed by atoms with Gasteiger partial charge in [-0.1, -0.05) is 0 Å². The third kappa shape index (κ3) is 7.17. The topological polar surface area (TPSA) is 30.5 Å². The van der Waals surface area contributed by atoms with Crippen molar-refractivity contribution in [3.8, 4) is 0 Å². The molecule has 0 aromatic rings. The SMILES string of the molecule is CNCCC(C[C@H](C)OC)OC(F)F. The highest BCUT2D eigenvalue weighted by Crippen LogP contribution is 2.12. The first-order valence-electron chi connectivity index (χ1n) is 4.71. The molecule has 0 aromatic carbocycles. The first-order chi connectivity index (χ1) is 6.60. The van der Waals surface area contributed by atoms with Crippen molar-refractivity contribution in [1.29, 1.82) is 0 Å². The molecule has 0 rings (SSSR count). The summed E-state index contributed by atoms with van der Waals surface area (Å²) in [4.78, 5) is 0. The Morgan fingerprint density at radius 2 is 2.00 bits per heavy atom. The third-order valence-electron chi connectivity index (χ3n) is 2.01. The number of alkyl halides is 2. The van der Waals surface area contributed by atoms with Crippen LogP contribution in [0.2, 0.25) is 0 Å². The van der Waals surface area contributed by atoms with Crippen molar-refractivity contribution in [1.82, 2.24) is 5.32 Å². The highest BCUT2D eigenvalue weighted by molar-refractivity contribution is 4.64. The van der Waals surface area contributed by atoms with Gasteiger partial charge in [-0.2, -0.15) is 8.78 Å². The number of ether oxygens (including phenoxy) is 2. The van der Waals surface area contributed by atoms with Crippen LogP contribution in [0, 0.1) is 0 Å². The maximum Gasteiger partial charge on any atom is 0.345 e. The predicted molar refractivity (Wildman–Crippen MR) is 50.5 cm³/mol. The molecular formula is C9H19F2NO2. The zero-order valence-electron chi connectivity index (χ0n) is 8.93. The summed E-state index contributed by atoms with van der Waals surface area (Å²) in [6, 6.07) is 0. The van der Waals surface area contributed by atoms with Crippen LogP contribution in [0.15, 0.2) is 0 Å². The van der Waals surface area contributed by atoms with Gasteiger partial charge in [0.05, 0.1) is 12.2 Å². The van der Waals surface area contributed by atoms with Crippen LogP contribution in [0.4, 0.5) is 8.78 Å². The molecule has 0 heterocycles. The summed E-state index contributed by atoms with van der Waals surface area (Å²) in [5, 5.41) is 2.90. The molecule has 5 heteroatoms. The van der Waals surface area contributed by atoms with E-state index in [0.29, 0.717) is 19.4 Å². The second-order valence-corrected chi connectivity index (χ2v) is 3.19. The molecule has 0 amide bonds. The third-order valence-corrected chi connectivity index (χ3v) is 2.01. The molecule has 86 valence electrons. The summed E-state index contributed by atoms with van der Waals surface area (Å²) >= 11 is 0. The van der Waals surface area contributed by atoms with Gasteiger partial charge in [0.25, 0.3) is 0 Å². The average Bonchev–Trinajstić information content (AvgIpc) is 2.13. The highest BCUT2D eigenvalue weighted by Gasteiger charge is 2.17. The lowest BCUT2D eigenvalue weighted by Crippen LogP contribution is -2.26. The van der Waals surface area contributed by atoms with Crippen molar-refractivity contribution in [2.75, 3.05) is 20.7 Å². The number of nitrogens with one attached hydrogen (secondary N) is 1. The number of methoxy groups -OCH3 is 1. The Bertz CT molecular complexity index is 136. The summed E-state index contributed by atoms with van der Waals surface area (Å²) in [6.07, 6.45) is 0.546. The second-order valence-electron chi connectivity index (χ2n) is 3.19. The minimum atomic E-state index is -2.71. The van der Waals surface area contributed by atoms with E-state index in [0.717, 1.165) is 0 Å². The second kappa shape index (κ2) is 8.08. The van der Waals surface area contributed by atoms with E-state index >= 15 is 0 Å². The summed E-state index contributed by atoms with van der Waals surface area (Å²) < 4.78 is 33.4. The van der Waals surface area contributed by atoms with Gasteiger partial charge in [0.1, 0.15) is 0 Å². The first kappa shape index (κ1) is 13.7. The largest absolute Gasteiger partial charge is 0.382 e. The van der Waals surface area contributed by atoms with Crippen molar-refractivity contribution in [2.45, 2.75) is 38.6 Å². The van der Waals surface area contributed by atoms with Crippen molar-refractivity contribution in [3.05, 3.63) is 0 Å². The fourth-order valence-corrected chi connectivity index (χ4v) is 1.16. The lowest BCUT2D eigenvalue weighted by Gasteiger charge is -2.20. The molecule has 1 N–H and O–H groups in total. The molecule has 0 fully saturated rings. The van der Waals surface area contributed by atoms with E-state index in [4.69, 9.17) is 4.74 Å². The Morgan fingerprint density at radius 3 is 2.43 bits per heavy atom. The number of hydrogen-bond donors (Lipinski definition) is 1. The van der Waals surface area contributed by atoms with Crippen LogP contribution in [-0.4, -0.2) is 39.5 Å². The Balaban J connectivity index is 3.83. The Hall–Kier alpha value is -0.260. The van der Waals surface area contributed by atoms with E-state index in [9.17, 15) is 8.78 Å². The van der Waals surface area contributed by atoms with E-state index in [1.54, 1.807) is 14.2 Å². The van der Waals surface area contributed by atoms with E-state index in [1.165, 1.54) is 0 Å². The minimum absolute atomic E-state index is 0.0596. The standard InChI is InChI=1S/C9H19F2NO2/c1-7(13-3)6-8(4-5-12-2)14-9(10)11/h7-9,12H,4-6H2,1-3H3/t7-,8?/m0/s1. The molecule has 2 atom stereocenters. The van der Waals surface area contributed by atoms with Crippen LogP contribution in [0.5, 0.6) is 0 Å². The summed E-state index contributed by atoms with van der Waals surface area (Å²) in [5.41, 5.74) is 0. The zero-order chi connectivity index (χ0) is 11.0. The Labute approximate surface area is 83.8 Å². The molecule has 3 nitrogen and oxygen atoms in total. The van der Waals surface area contributed by atoms with Gasteiger partial charge in [-0.15, -0.1) is 0 Å². The van der Waals surface area contributed by atoms with Crippen molar-refractivity contribution >= 4 is 0 Å². The molecule has 0 radical (unpaired) electrons. The summed E-state index contributed by atoms with van der Waals surface area (Å²) in [6.45, 7) is -0.212. The Morgan fingerprint density at radius 1 is 1.36 bits per heavy atom. The van der Waals surface area contributed by atoms with Gasteiger partial charge >= 0.3 is 6.61 Å². The van der Waals surface area contributed by atoms with Crippen LogP contribution >= 0.6 is 0 Å². The first-order valence-corrected chi connectivity index (χ1v) is 4.71. The lowest BCUT2D eigenvalue weighted by atomic mass is 10.1. The van der Waals surface area contributed by atoms with Crippen molar-refractivity contribution < 1.29 is 18.3 Å². The van der Waals surface area contributed by atoms with E-state index in [-0.39, 0.29) is 6.10 Å². The maximum absolute atomic E-state index is 12.0. The van der Waals surface area contributed by atoms with Gasteiger partial charge < -0.3 is 14.8 Å². The van der Waals surface area contributed by atoms with Crippen LogP contribution in [0.3, 0.4) is 0 Å². The van der Waals surface area contributed by atoms with Crippen LogP contribution < -0.4 is 5.32 Å². The molecule has 0 bridgehead atoms. The smallest absolute Gasteiger partial charge is 0.345 e. The van der Waals surface area contributed by atoms with Gasteiger partial charge in [0.2, 0.25) is 0 Å². The average molecular weight is 211 g/mol. The van der Waals surface area contributed by atoms with E-state index < -0.39 is 12.7 Å². The molecule has 0 aliphatic heterocycles. The van der Waals surface area contributed by atoms with Crippen molar-refractivity contribution in [2.24, 2.45) is 0 Å². The minimum Gasteiger partial charge on any atom is -0.382 e. The van der Waals surface area contributed by atoms with Gasteiger partial charge in [0, 0.05) is 7.11 Å². The highest BCUT2D eigenvalue weighted by atomic mass is 19.3. The van der Waals surface area contributed by atoms with Gasteiger partial charge in [0.15, 0.2) is 0 Å². The van der Waals surface area contributed by atoms with Gasteiger partial charge in [-0.05, 0) is 33.4 Å². The Kier molecular flexibility index (Phi) is 7.93. The molecule has 1 unspecified atom stereocenters. The number of halogens is 2. The fraction of sp³-hybridized carbons (Fsp3) is 1.00. The molecule has 0 aliphatic carbocycles. The maximum atomic E-state index is 12.0. The van der Waals surface area contributed by atoms with E-state index in [1.807, 2.05) is 6.92 Å². The summed E-state index contributed by atoms with van der Waals surface area (Å²) in [5.74, 6) is 0. The van der Waals surface area contributed by atoms with Crippen LogP contribution in [-0.2, 0) is 9.47 Å². The molecule has 0 saturated heterocycles. The normalized spacial score (nSPS) is 15.9. The monoisotopic (exact) mass is 211 g/mol. The van der Waals surface area contributed by atoms with Gasteiger partial charge in [-0.3, -0.25) is 0 Å². The molecule has 0 saturated carbocycles. The van der Waals surface area contributed by atoms with Crippen LogP contribution in [0.1, 0.15) is 19.8 Å². The number of hydrogen-bond acceptors (Lipinski definition) is 3. The van der Waals surface area contributed by atoms with Crippen molar-refractivity contribution in [3.63, 3.8) is 0 Å². The fourth-order valence-electron chi connectivity index (χ4n) is 1.16. The molecular weight excluding hydrogens is 192 g/mol. The number of rotatable bonds is 8. The molecule has 0 aromatic heterocycles. The van der Waals surface area contributed by atoms with Crippen LogP contribution in [0.25, 0.3) is 0 Å². The molecule has 14 heavy (non-hydrogen) atoms. The van der Waals surface area contributed by atoms with E-state index in [2.05, 4.69) is 10.1 Å².